The maximum atomic E-state index is 5.66. The van der Waals surface area contributed by atoms with E-state index in [0.29, 0.717) is 18.5 Å². The number of fused-ring (bicyclic) bond motifs is 3. The Bertz CT molecular complexity index is 1010. The molecule has 0 aromatic heterocycles. The molecule has 3 fully saturated rings. The zero-order valence-electron chi connectivity index (χ0n) is 21.9. The predicted molar refractivity (Wildman–Crippen MR) is 147 cm³/mol. The van der Waals surface area contributed by atoms with E-state index in [0.717, 1.165) is 17.2 Å². The monoisotopic (exact) mass is 470 g/mol. The summed E-state index contributed by atoms with van der Waals surface area (Å²) < 4.78 is 5.22. The Balaban J connectivity index is 0.000000181. The van der Waals surface area contributed by atoms with Crippen molar-refractivity contribution in [2.24, 2.45) is 11.7 Å². The third kappa shape index (κ3) is 6.15. The average Bonchev–Trinajstić information content (AvgIpc) is 2.90. The molecule has 0 radical (unpaired) electrons. The van der Waals surface area contributed by atoms with Gasteiger partial charge in [0.1, 0.15) is 5.75 Å². The summed E-state index contributed by atoms with van der Waals surface area (Å²) in [6.45, 7) is 9.68. The van der Waals surface area contributed by atoms with Crippen LogP contribution < -0.4 is 10.5 Å². The SMILES string of the molecule is COc1ccc(C(C)(C)C)cc1CN.c1ccc(C(c2ccccc2)[C@H]2CC3CCN2CC3)cc1. The average molecular weight is 471 g/mol. The predicted octanol–water partition coefficient (Wildman–Crippen LogP) is 6.75. The van der Waals surface area contributed by atoms with Crippen molar-refractivity contribution >= 4 is 0 Å². The third-order valence-corrected chi connectivity index (χ3v) is 7.76. The van der Waals surface area contributed by atoms with Crippen LogP contribution in [0.4, 0.5) is 0 Å². The van der Waals surface area contributed by atoms with Gasteiger partial charge in [-0.1, -0.05) is 93.6 Å². The fourth-order valence-corrected chi connectivity index (χ4v) is 5.72. The van der Waals surface area contributed by atoms with Crippen LogP contribution in [-0.2, 0) is 12.0 Å². The van der Waals surface area contributed by atoms with Gasteiger partial charge in [0.05, 0.1) is 7.11 Å². The fraction of sp³-hybridized carbons (Fsp3) is 0.438. The summed E-state index contributed by atoms with van der Waals surface area (Å²) in [7, 11) is 1.67. The normalized spacial score (nSPS) is 21.4. The molecular formula is C32H42N2O. The van der Waals surface area contributed by atoms with E-state index in [1.165, 1.54) is 49.0 Å². The highest BCUT2D eigenvalue weighted by Crippen LogP contribution is 2.41. The van der Waals surface area contributed by atoms with Gasteiger partial charge in [-0.2, -0.15) is 0 Å². The first kappa shape index (κ1) is 25.5. The van der Waals surface area contributed by atoms with Gasteiger partial charge in [0.15, 0.2) is 0 Å². The lowest BCUT2D eigenvalue weighted by Crippen LogP contribution is -2.51. The van der Waals surface area contributed by atoms with Crippen LogP contribution in [0, 0.1) is 5.92 Å². The molecule has 3 heteroatoms. The van der Waals surface area contributed by atoms with E-state index in [2.05, 4.69) is 98.5 Å². The number of nitrogens with zero attached hydrogens (tertiary/aromatic N) is 1. The molecule has 3 saturated heterocycles. The Morgan fingerprint density at radius 3 is 1.89 bits per heavy atom. The van der Waals surface area contributed by atoms with E-state index in [4.69, 9.17) is 10.5 Å². The largest absolute Gasteiger partial charge is 0.496 e. The topological polar surface area (TPSA) is 38.5 Å². The minimum absolute atomic E-state index is 0.163. The van der Waals surface area contributed by atoms with E-state index in [1.807, 2.05) is 6.07 Å². The summed E-state index contributed by atoms with van der Waals surface area (Å²) in [5.41, 5.74) is 11.1. The minimum Gasteiger partial charge on any atom is -0.496 e. The van der Waals surface area contributed by atoms with Gasteiger partial charge in [0.2, 0.25) is 0 Å². The number of hydrogen-bond donors (Lipinski definition) is 1. The molecule has 3 nitrogen and oxygen atoms in total. The van der Waals surface area contributed by atoms with E-state index >= 15 is 0 Å². The van der Waals surface area contributed by atoms with Gasteiger partial charge in [-0.25, -0.2) is 0 Å². The summed E-state index contributed by atoms with van der Waals surface area (Å²) in [4.78, 5) is 2.74. The molecule has 3 aromatic carbocycles. The highest BCUT2D eigenvalue weighted by atomic mass is 16.5. The first-order valence-corrected chi connectivity index (χ1v) is 13.1. The molecule has 0 spiro atoms. The molecule has 0 amide bonds. The van der Waals surface area contributed by atoms with E-state index in [9.17, 15) is 0 Å². The first-order chi connectivity index (χ1) is 16.9. The third-order valence-electron chi connectivity index (χ3n) is 7.76. The van der Waals surface area contributed by atoms with Crippen molar-refractivity contribution in [2.45, 2.75) is 64.0 Å². The van der Waals surface area contributed by atoms with Crippen molar-refractivity contribution in [2.75, 3.05) is 20.2 Å². The fourth-order valence-electron chi connectivity index (χ4n) is 5.72. The van der Waals surface area contributed by atoms with Gasteiger partial charge < -0.3 is 10.5 Å². The molecule has 3 aliphatic rings. The molecule has 2 bridgehead atoms. The van der Waals surface area contributed by atoms with Crippen LogP contribution in [0.25, 0.3) is 0 Å². The smallest absolute Gasteiger partial charge is 0.123 e. The lowest BCUT2D eigenvalue weighted by atomic mass is 9.74. The number of nitrogens with two attached hydrogens (primary N) is 1. The molecule has 1 atom stereocenters. The lowest BCUT2D eigenvalue weighted by molar-refractivity contribution is 0.0411. The molecule has 0 aliphatic carbocycles. The maximum absolute atomic E-state index is 5.66. The molecule has 0 unspecified atom stereocenters. The van der Waals surface area contributed by atoms with Crippen molar-refractivity contribution in [1.82, 2.24) is 4.90 Å². The van der Waals surface area contributed by atoms with Crippen molar-refractivity contribution in [3.8, 4) is 5.75 Å². The molecule has 3 heterocycles. The lowest BCUT2D eigenvalue weighted by Gasteiger charge is -2.48. The zero-order valence-corrected chi connectivity index (χ0v) is 21.9. The number of rotatable bonds is 5. The number of piperidine rings is 3. The maximum Gasteiger partial charge on any atom is 0.123 e. The van der Waals surface area contributed by atoms with E-state index < -0.39 is 0 Å². The van der Waals surface area contributed by atoms with Crippen LogP contribution in [0.2, 0.25) is 0 Å². The van der Waals surface area contributed by atoms with Crippen LogP contribution in [-0.4, -0.2) is 31.1 Å². The summed E-state index contributed by atoms with van der Waals surface area (Å²) in [5, 5.41) is 0. The van der Waals surface area contributed by atoms with Crippen LogP contribution >= 0.6 is 0 Å². The summed E-state index contributed by atoms with van der Waals surface area (Å²) in [5.74, 6) is 2.35. The summed E-state index contributed by atoms with van der Waals surface area (Å²) in [6.07, 6.45) is 4.19. The molecule has 3 aromatic rings. The Morgan fingerprint density at radius 2 is 1.46 bits per heavy atom. The van der Waals surface area contributed by atoms with Gasteiger partial charge >= 0.3 is 0 Å². The van der Waals surface area contributed by atoms with Crippen molar-refractivity contribution in [3.63, 3.8) is 0 Å². The zero-order chi connectivity index (χ0) is 24.8. The van der Waals surface area contributed by atoms with Crippen LogP contribution in [0.15, 0.2) is 78.9 Å². The minimum atomic E-state index is 0.163. The number of benzene rings is 3. The highest BCUT2D eigenvalue weighted by Gasteiger charge is 2.38. The second-order valence-electron chi connectivity index (χ2n) is 11.1. The van der Waals surface area contributed by atoms with Gasteiger partial charge in [-0.15, -0.1) is 0 Å². The highest BCUT2D eigenvalue weighted by molar-refractivity contribution is 5.39. The van der Waals surface area contributed by atoms with E-state index in [1.54, 1.807) is 7.11 Å². The number of methoxy groups -OCH3 is 1. The molecule has 0 saturated carbocycles. The first-order valence-electron chi connectivity index (χ1n) is 13.1. The van der Waals surface area contributed by atoms with Crippen LogP contribution in [0.5, 0.6) is 5.75 Å². The quantitative estimate of drug-likeness (QED) is 0.448. The number of hydrogen-bond acceptors (Lipinski definition) is 3. The number of ether oxygens (including phenoxy) is 1. The van der Waals surface area contributed by atoms with Crippen molar-refractivity contribution in [1.29, 1.82) is 0 Å². The second-order valence-corrected chi connectivity index (χ2v) is 11.1. The van der Waals surface area contributed by atoms with Crippen molar-refractivity contribution < 1.29 is 4.74 Å². The molecule has 2 N–H and O–H groups in total. The Hall–Kier alpha value is -2.62. The van der Waals surface area contributed by atoms with Gasteiger partial charge in [0.25, 0.3) is 0 Å². The standard InChI is InChI=1S/C20H23N.C12H19NO/c1-3-7-17(8-4-1)20(18-9-5-2-6-10-18)19-15-16-11-13-21(19)14-12-16;1-12(2,3)10-5-6-11(14-4)9(7-10)8-13/h1-10,16,19-20H,11-15H2;5-7H,8,13H2,1-4H3/t19-;/m1./s1. The summed E-state index contributed by atoms with van der Waals surface area (Å²) in [6, 6.07) is 29.1. The molecular weight excluding hydrogens is 428 g/mol. The Kier molecular flexibility index (Phi) is 8.30. The van der Waals surface area contributed by atoms with E-state index in [-0.39, 0.29) is 5.41 Å². The second kappa shape index (κ2) is 11.4. The van der Waals surface area contributed by atoms with Gasteiger partial charge in [0, 0.05) is 24.1 Å². The molecule has 186 valence electrons. The van der Waals surface area contributed by atoms with Crippen LogP contribution in [0.1, 0.15) is 68.2 Å². The van der Waals surface area contributed by atoms with Crippen molar-refractivity contribution in [3.05, 3.63) is 101 Å². The molecule has 6 rings (SSSR count). The Morgan fingerprint density at radius 1 is 0.886 bits per heavy atom. The Labute approximate surface area is 212 Å². The summed E-state index contributed by atoms with van der Waals surface area (Å²) >= 11 is 0. The van der Waals surface area contributed by atoms with Crippen LogP contribution in [0.3, 0.4) is 0 Å². The van der Waals surface area contributed by atoms with Gasteiger partial charge in [-0.3, -0.25) is 4.90 Å². The molecule has 35 heavy (non-hydrogen) atoms. The van der Waals surface area contributed by atoms with Gasteiger partial charge in [-0.05, 0) is 66.4 Å². The molecule has 3 aliphatic heterocycles.